The molecular weight excluding hydrogens is 350 g/mol. The third-order valence-electron chi connectivity index (χ3n) is 5.53. The van der Waals surface area contributed by atoms with Crippen LogP contribution in [0, 0.1) is 0 Å². The smallest absolute Gasteiger partial charge is 0.0957 e. The van der Waals surface area contributed by atoms with E-state index in [9.17, 15) is 0 Å². The molecule has 0 spiro atoms. The molecule has 0 saturated carbocycles. The van der Waals surface area contributed by atoms with Gasteiger partial charge in [-0.3, -0.25) is 0 Å². The Morgan fingerprint density at radius 3 is 2.30 bits per heavy atom. The van der Waals surface area contributed by atoms with Crippen molar-refractivity contribution >= 4 is 11.3 Å². The second kappa shape index (κ2) is 8.85. The lowest BCUT2D eigenvalue weighted by molar-refractivity contribution is 0.312. The van der Waals surface area contributed by atoms with Gasteiger partial charge >= 0.3 is 0 Å². The number of likely N-dealkylation sites (N-methyl/N-ethyl adjacent to an activating group) is 2. The molecular formula is C23H35N3S. The molecule has 0 atom stereocenters. The molecule has 0 unspecified atom stereocenters. The van der Waals surface area contributed by atoms with Crippen molar-refractivity contribution in [3.8, 4) is 0 Å². The fourth-order valence-electron chi connectivity index (χ4n) is 3.67. The maximum Gasteiger partial charge on any atom is 0.0957 e. The van der Waals surface area contributed by atoms with E-state index >= 15 is 0 Å². The third kappa shape index (κ3) is 5.18. The maximum absolute atomic E-state index is 4.68. The van der Waals surface area contributed by atoms with Crippen molar-refractivity contribution < 1.29 is 0 Å². The Balaban J connectivity index is 0.000000156. The second-order valence-corrected chi connectivity index (χ2v) is 9.85. The minimum Gasteiger partial charge on any atom is -0.302 e. The molecule has 3 nitrogen and oxygen atoms in total. The number of nitrogens with zero attached hydrogens (tertiary/aromatic N) is 3. The maximum atomic E-state index is 4.68. The van der Waals surface area contributed by atoms with Crippen LogP contribution < -0.4 is 0 Å². The zero-order chi connectivity index (χ0) is 19.6. The van der Waals surface area contributed by atoms with Crippen LogP contribution in [0.5, 0.6) is 0 Å². The first-order chi connectivity index (χ1) is 12.8. The predicted molar refractivity (Wildman–Crippen MR) is 117 cm³/mol. The Morgan fingerprint density at radius 2 is 1.59 bits per heavy atom. The highest BCUT2D eigenvalue weighted by Crippen LogP contribution is 2.28. The number of thiazole rings is 1. The molecule has 1 aromatic carbocycles. The average Bonchev–Trinajstić information content (AvgIpc) is 3.05. The number of aromatic nitrogens is 1. The first-order valence-corrected chi connectivity index (χ1v) is 11.1. The third-order valence-corrected chi connectivity index (χ3v) is 6.92. The molecule has 27 heavy (non-hydrogen) atoms. The molecule has 1 aromatic heterocycles. The molecule has 148 valence electrons. The number of hydrogen-bond acceptors (Lipinski definition) is 4. The Bertz CT molecular complexity index is 763. The average molecular weight is 386 g/mol. The summed E-state index contributed by atoms with van der Waals surface area (Å²) in [6.07, 6.45) is 2.35. The van der Waals surface area contributed by atoms with Crippen molar-refractivity contribution in [2.24, 2.45) is 0 Å². The zero-order valence-electron chi connectivity index (χ0n) is 17.9. The van der Waals surface area contributed by atoms with Gasteiger partial charge in [0.2, 0.25) is 0 Å². The monoisotopic (exact) mass is 385 g/mol. The fourth-order valence-corrected chi connectivity index (χ4v) is 4.86. The summed E-state index contributed by atoms with van der Waals surface area (Å²) in [5.41, 5.74) is 5.91. The van der Waals surface area contributed by atoms with Crippen LogP contribution in [0.2, 0.25) is 0 Å². The normalized spacial score (nSPS) is 17.5. The molecule has 4 rings (SSSR count). The van der Waals surface area contributed by atoms with Crippen molar-refractivity contribution in [1.29, 1.82) is 0 Å². The van der Waals surface area contributed by atoms with Gasteiger partial charge in [0.25, 0.3) is 0 Å². The highest BCUT2D eigenvalue weighted by molar-refractivity contribution is 7.11. The Kier molecular flexibility index (Phi) is 6.72. The number of fused-ring (bicyclic) bond motifs is 2. The van der Waals surface area contributed by atoms with Gasteiger partial charge in [-0.15, -0.1) is 11.3 Å². The first-order valence-electron chi connectivity index (χ1n) is 10.3. The molecule has 0 saturated heterocycles. The van der Waals surface area contributed by atoms with Crippen LogP contribution >= 0.6 is 11.3 Å². The molecule has 0 fully saturated rings. The summed E-state index contributed by atoms with van der Waals surface area (Å²) in [7, 11) is 4.38. The molecule has 0 bridgehead atoms. The van der Waals surface area contributed by atoms with Crippen molar-refractivity contribution in [1.82, 2.24) is 14.8 Å². The summed E-state index contributed by atoms with van der Waals surface area (Å²) in [6.45, 7) is 13.5. The van der Waals surface area contributed by atoms with E-state index < -0.39 is 0 Å². The number of benzene rings is 1. The van der Waals surface area contributed by atoms with E-state index in [0.29, 0.717) is 11.8 Å². The summed E-state index contributed by atoms with van der Waals surface area (Å²) in [6, 6.07) is 6.99. The van der Waals surface area contributed by atoms with Gasteiger partial charge in [-0.25, -0.2) is 4.98 Å². The number of hydrogen-bond donors (Lipinski definition) is 0. The molecule has 0 N–H and O–H groups in total. The quantitative estimate of drug-likeness (QED) is 0.721. The summed E-state index contributed by atoms with van der Waals surface area (Å²) in [4.78, 5) is 10.9. The van der Waals surface area contributed by atoms with Crippen molar-refractivity contribution in [2.45, 2.75) is 65.5 Å². The largest absolute Gasteiger partial charge is 0.302 e. The van der Waals surface area contributed by atoms with Gasteiger partial charge in [-0.2, -0.15) is 0 Å². The van der Waals surface area contributed by atoms with Gasteiger partial charge < -0.3 is 9.80 Å². The molecule has 0 amide bonds. The fraction of sp³-hybridized carbons (Fsp3) is 0.609. The topological polar surface area (TPSA) is 19.4 Å². The highest BCUT2D eigenvalue weighted by atomic mass is 32.1. The molecule has 4 heteroatoms. The SMILES string of the molecule is CC(C)c1ccc2c(c1)CN(C)CC2.CC(C)c1nc2c(s1)CN(C)CC2. The van der Waals surface area contributed by atoms with E-state index in [1.54, 1.807) is 5.56 Å². The number of rotatable bonds is 2. The van der Waals surface area contributed by atoms with Crippen LogP contribution in [0.4, 0.5) is 0 Å². The van der Waals surface area contributed by atoms with E-state index in [2.05, 4.69) is 74.8 Å². The van der Waals surface area contributed by atoms with Crippen LogP contribution in [0.25, 0.3) is 0 Å². The minimum atomic E-state index is 0.584. The van der Waals surface area contributed by atoms with E-state index in [4.69, 9.17) is 0 Å². The van der Waals surface area contributed by atoms with Crippen LogP contribution in [0.3, 0.4) is 0 Å². The minimum absolute atomic E-state index is 0.584. The van der Waals surface area contributed by atoms with Crippen LogP contribution in [-0.2, 0) is 25.9 Å². The standard InChI is InChI=1S/C13H19N.C10H16N2S/c1-10(2)12-5-4-11-6-7-14(3)9-13(11)8-12;1-7(2)10-11-8-4-5-12(3)6-9(8)13-10/h4-5,8,10H,6-7,9H2,1-3H3;7H,4-6H2,1-3H3. The van der Waals surface area contributed by atoms with E-state index in [1.165, 1.54) is 39.7 Å². The van der Waals surface area contributed by atoms with E-state index in [-0.39, 0.29) is 0 Å². The van der Waals surface area contributed by atoms with Crippen LogP contribution in [-0.4, -0.2) is 42.0 Å². The lowest BCUT2D eigenvalue weighted by Gasteiger charge is -2.25. The zero-order valence-corrected chi connectivity index (χ0v) is 18.7. The van der Waals surface area contributed by atoms with Crippen LogP contribution in [0.15, 0.2) is 18.2 Å². The molecule has 2 aliphatic rings. The predicted octanol–water partition coefficient (Wildman–Crippen LogP) is 5.05. The molecule has 0 radical (unpaired) electrons. The van der Waals surface area contributed by atoms with Gasteiger partial charge in [-0.1, -0.05) is 45.9 Å². The molecule has 2 aliphatic heterocycles. The second-order valence-electron chi connectivity index (χ2n) is 8.74. The summed E-state index contributed by atoms with van der Waals surface area (Å²) >= 11 is 1.89. The summed E-state index contributed by atoms with van der Waals surface area (Å²) < 4.78 is 0. The van der Waals surface area contributed by atoms with Crippen LogP contribution in [0.1, 0.15) is 71.8 Å². The van der Waals surface area contributed by atoms with Gasteiger partial charge in [0.15, 0.2) is 0 Å². The van der Waals surface area contributed by atoms with Gasteiger partial charge in [0.05, 0.1) is 10.7 Å². The van der Waals surface area contributed by atoms with Crippen molar-refractivity contribution in [3.05, 3.63) is 50.5 Å². The Hall–Kier alpha value is -1.23. The highest BCUT2D eigenvalue weighted by Gasteiger charge is 2.19. The summed E-state index contributed by atoms with van der Waals surface area (Å²) in [5, 5.41) is 1.31. The summed E-state index contributed by atoms with van der Waals surface area (Å²) in [5.74, 6) is 1.23. The van der Waals surface area contributed by atoms with Gasteiger partial charge in [0, 0.05) is 43.4 Å². The lowest BCUT2D eigenvalue weighted by atomic mass is 9.94. The first kappa shape index (κ1) is 20.5. The van der Waals surface area contributed by atoms with E-state index in [1.807, 2.05) is 11.3 Å². The molecule has 2 aromatic rings. The van der Waals surface area contributed by atoms with Crippen molar-refractivity contribution in [2.75, 3.05) is 27.2 Å². The Morgan fingerprint density at radius 1 is 0.889 bits per heavy atom. The van der Waals surface area contributed by atoms with E-state index in [0.717, 1.165) is 26.1 Å². The lowest BCUT2D eigenvalue weighted by Crippen LogP contribution is -2.26. The molecule has 3 heterocycles. The van der Waals surface area contributed by atoms with Gasteiger partial charge in [0.1, 0.15) is 0 Å². The van der Waals surface area contributed by atoms with Crippen molar-refractivity contribution in [3.63, 3.8) is 0 Å². The Labute approximate surface area is 169 Å². The van der Waals surface area contributed by atoms with Gasteiger partial charge in [-0.05, 0) is 43.1 Å². The molecule has 0 aliphatic carbocycles.